The van der Waals surface area contributed by atoms with E-state index in [0.717, 1.165) is 37.2 Å². The Bertz CT molecular complexity index is 973. The Morgan fingerprint density at radius 2 is 1.14 bits per heavy atom. The van der Waals surface area contributed by atoms with Gasteiger partial charge in [-0.2, -0.15) is 0 Å². The summed E-state index contributed by atoms with van der Waals surface area (Å²) in [6.07, 6.45) is 6.10. The summed E-state index contributed by atoms with van der Waals surface area (Å²) in [5, 5.41) is 0. The number of allylic oxidation sites excluding steroid dienone is 2. The zero-order valence-corrected chi connectivity index (χ0v) is 16.7. The second-order valence-electron chi connectivity index (χ2n) is 7.97. The molecular weight excluding hydrogens is 364 g/mol. The van der Waals surface area contributed by atoms with Crippen LogP contribution in [0.2, 0.25) is 0 Å². The topological polar surface area (TPSA) is 44.8 Å². The molecule has 2 aliphatic carbocycles. The summed E-state index contributed by atoms with van der Waals surface area (Å²) in [5.41, 5.74) is 8.41. The number of hydrogen-bond acceptors (Lipinski definition) is 4. The van der Waals surface area contributed by atoms with E-state index in [1.807, 2.05) is 0 Å². The number of rotatable bonds is 0. The number of esters is 1. The van der Waals surface area contributed by atoms with Crippen molar-refractivity contribution in [1.82, 2.24) is 0 Å². The average molecular weight is 390 g/mol. The maximum absolute atomic E-state index is 11.8. The van der Waals surface area contributed by atoms with Crippen LogP contribution in [0.5, 0.6) is 11.5 Å². The SMILES string of the molecule is O=C1CCCOc2ccc3c(c2)/C(=C2/CCc4ccc(cc42)OCCCO1)CC3. The lowest BCUT2D eigenvalue weighted by atomic mass is 9.96. The van der Waals surface area contributed by atoms with Gasteiger partial charge in [-0.1, -0.05) is 12.1 Å². The van der Waals surface area contributed by atoms with Gasteiger partial charge < -0.3 is 14.2 Å². The fourth-order valence-corrected chi connectivity index (χ4v) is 4.62. The molecule has 0 unspecified atom stereocenters. The summed E-state index contributed by atoms with van der Waals surface area (Å²) in [6.45, 7) is 1.47. The highest BCUT2D eigenvalue weighted by Gasteiger charge is 2.26. The van der Waals surface area contributed by atoms with E-state index in [9.17, 15) is 4.79 Å². The van der Waals surface area contributed by atoms with Gasteiger partial charge in [-0.15, -0.1) is 0 Å². The highest BCUT2D eigenvalue weighted by Crippen LogP contribution is 2.45. The van der Waals surface area contributed by atoms with Crippen molar-refractivity contribution >= 4 is 17.1 Å². The van der Waals surface area contributed by atoms with Gasteiger partial charge in [-0.05, 0) is 89.8 Å². The third-order valence-corrected chi connectivity index (χ3v) is 6.08. The second kappa shape index (κ2) is 7.94. The number of aryl methyl sites for hydroxylation is 2. The average Bonchev–Trinajstić information content (AvgIpc) is 3.33. The number of carbonyl (C=O) groups excluding carboxylic acids is 1. The van der Waals surface area contributed by atoms with Crippen molar-refractivity contribution < 1.29 is 19.0 Å². The second-order valence-corrected chi connectivity index (χ2v) is 7.97. The molecule has 1 heterocycles. The molecule has 5 rings (SSSR count). The standard InChI is InChI=1S/C25H26O4/c26-25-3-1-12-27-19-8-4-17-6-10-21(23(17)15-19)22-11-7-18-5-9-20(16-24(18)22)28-13-2-14-29-25/h4-5,8-9,15-16H,1-3,6-7,10-14H2/b22-21-. The number of carbonyl (C=O) groups is 1. The fourth-order valence-electron chi connectivity index (χ4n) is 4.62. The molecule has 29 heavy (non-hydrogen) atoms. The van der Waals surface area contributed by atoms with Gasteiger partial charge in [-0.3, -0.25) is 4.79 Å². The van der Waals surface area contributed by atoms with Crippen molar-refractivity contribution in [2.45, 2.75) is 44.9 Å². The Kier molecular flexibility index (Phi) is 5.01. The van der Waals surface area contributed by atoms with Gasteiger partial charge in [0.1, 0.15) is 11.5 Å². The Morgan fingerprint density at radius 1 is 0.586 bits per heavy atom. The summed E-state index contributed by atoms with van der Waals surface area (Å²) in [5.74, 6) is 1.61. The summed E-state index contributed by atoms with van der Waals surface area (Å²) < 4.78 is 17.2. The van der Waals surface area contributed by atoms with Crippen LogP contribution < -0.4 is 9.47 Å². The van der Waals surface area contributed by atoms with E-state index < -0.39 is 0 Å². The Morgan fingerprint density at radius 3 is 1.76 bits per heavy atom. The molecule has 0 atom stereocenters. The molecular formula is C25H26O4. The predicted molar refractivity (Wildman–Crippen MR) is 112 cm³/mol. The first kappa shape index (κ1) is 18.3. The lowest BCUT2D eigenvalue weighted by molar-refractivity contribution is -0.144. The molecule has 4 nitrogen and oxygen atoms in total. The van der Waals surface area contributed by atoms with E-state index in [1.54, 1.807) is 0 Å². The number of ether oxygens (including phenoxy) is 3. The Balaban J connectivity index is 1.51. The van der Waals surface area contributed by atoms with Crippen LogP contribution in [-0.4, -0.2) is 25.8 Å². The van der Waals surface area contributed by atoms with Crippen LogP contribution in [-0.2, 0) is 22.4 Å². The zero-order chi connectivity index (χ0) is 19.6. The number of benzene rings is 2. The smallest absolute Gasteiger partial charge is 0.305 e. The van der Waals surface area contributed by atoms with Crippen molar-refractivity contribution in [2.75, 3.05) is 19.8 Å². The van der Waals surface area contributed by atoms with Crippen LogP contribution in [0.1, 0.15) is 54.4 Å². The largest absolute Gasteiger partial charge is 0.494 e. The van der Waals surface area contributed by atoms with E-state index in [1.165, 1.54) is 33.4 Å². The minimum atomic E-state index is -0.170. The lowest BCUT2D eigenvalue weighted by Gasteiger charge is -2.13. The van der Waals surface area contributed by atoms with Gasteiger partial charge in [0, 0.05) is 12.8 Å². The third kappa shape index (κ3) is 3.76. The number of cyclic esters (lactones) is 1. The van der Waals surface area contributed by atoms with Crippen molar-refractivity contribution in [3.63, 3.8) is 0 Å². The third-order valence-electron chi connectivity index (χ3n) is 6.08. The van der Waals surface area contributed by atoms with Crippen LogP contribution >= 0.6 is 0 Å². The zero-order valence-electron chi connectivity index (χ0n) is 16.7. The van der Waals surface area contributed by atoms with Gasteiger partial charge in [0.05, 0.1) is 19.8 Å². The Hall–Kier alpha value is -2.75. The van der Waals surface area contributed by atoms with Crippen LogP contribution in [0.15, 0.2) is 36.4 Å². The summed E-state index contributed by atoms with van der Waals surface area (Å²) in [6, 6.07) is 12.9. The molecule has 4 bridgehead atoms. The first-order chi connectivity index (χ1) is 14.3. The van der Waals surface area contributed by atoms with Gasteiger partial charge in [0.25, 0.3) is 0 Å². The van der Waals surface area contributed by atoms with Crippen LogP contribution in [0.25, 0.3) is 11.1 Å². The molecule has 0 N–H and O–H groups in total. The maximum atomic E-state index is 11.8. The van der Waals surface area contributed by atoms with E-state index in [4.69, 9.17) is 14.2 Å². The summed E-state index contributed by atoms with van der Waals surface area (Å²) in [7, 11) is 0. The highest BCUT2D eigenvalue weighted by atomic mass is 16.5. The monoisotopic (exact) mass is 390 g/mol. The molecule has 4 heteroatoms. The molecule has 2 aromatic rings. The molecule has 0 fully saturated rings. The van der Waals surface area contributed by atoms with Crippen LogP contribution in [0.3, 0.4) is 0 Å². The van der Waals surface area contributed by atoms with E-state index >= 15 is 0 Å². The first-order valence-corrected chi connectivity index (χ1v) is 10.7. The van der Waals surface area contributed by atoms with E-state index in [-0.39, 0.29) is 5.97 Å². The van der Waals surface area contributed by atoms with Crippen LogP contribution in [0, 0.1) is 0 Å². The summed E-state index contributed by atoms with van der Waals surface area (Å²) in [4.78, 5) is 11.8. The van der Waals surface area contributed by atoms with Crippen molar-refractivity contribution in [2.24, 2.45) is 0 Å². The molecule has 0 amide bonds. The molecule has 150 valence electrons. The first-order valence-electron chi connectivity index (χ1n) is 10.7. The van der Waals surface area contributed by atoms with Gasteiger partial charge in [0.15, 0.2) is 0 Å². The van der Waals surface area contributed by atoms with Crippen molar-refractivity contribution in [3.8, 4) is 11.5 Å². The van der Waals surface area contributed by atoms with E-state index in [2.05, 4.69) is 36.4 Å². The fraction of sp³-hybridized carbons (Fsp3) is 0.400. The Labute approximate surface area is 171 Å². The minimum Gasteiger partial charge on any atom is -0.494 e. The molecule has 0 radical (unpaired) electrons. The molecule has 1 aliphatic heterocycles. The lowest BCUT2D eigenvalue weighted by Crippen LogP contribution is -2.10. The molecule has 0 saturated carbocycles. The molecule has 3 aliphatic rings. The van der Waals surface area contributed by atoms with Crippen LogP contribution in [0.4, 0.5) is 0 Å². The van der Waals surface area contributed by atoms with Crippen molar-refractivity contribution in [3.05, 3.63) is 58.7 Å². The predicted octanol–water partition coefficient (Wildman–Crippen LogP) is 4.97. The maximum Gasteiger partial charge on any atom is 0.305 e. The van der Waals surface area contributed by atoms with E-state index in [0.29, 0.717) is 39.1 Å². The summed E-state index contributed by atoms with van der Waals surface area (Å²) >= 11 is 0. The highest BCUT2D eigenvalue weighted by molar-refractivity contribution is 5.96. The van der Waals surface area contributed by atoms with Gasteiger partial charge >= 0.3 is 5.97 Å². The quantitative estimate of drug-likeness (QED) is 0.596. The van der Waals surface area contributed by atoms with Crippen molar-refractivity contribution in [1.29, 1.82) is 0 Å². The molecule has 0 saturated heterocycles. The molecule has 0 aromatic heterocycles. The van der Waals surface area contributed by atoms with Gasteiger partial charge in [0.2, 0.25) is 0 Å². The molecule has 2 aromatic carbocycles. The van der Waals surface area contributed by atoms with Gasteiger partial charge in [-0.25, -0.2) is 0 Å². The number of hydrogen-bond donors (Lipinski definition) is 0. The normalized spacial score (nSPS) is 21.6. The number of fused-ring (bicyclic) bond motifs is 2. The molecule has 0 spiro atoms. The minimum absolute atomic E-state index is 0.170.